The fraction of sp³-hybridized carbons (Fsp3) is 0.0159. The van der Waals surface area contributed by atoms with E-state index in [0.717, 1.165) is 78.0 Å². The van der Waals surface area contributed by atoms with Crippen molar-refractivity contribution in [1.29, 1.82) is 0 Å². The Morgan fingerprint density at radius 3 is 1.43 bits per heavy atom. The van der Waals surface area contributed by atoms with Crippen LogP contribution < -0.4 is 5.32 Å². The maximum absolute atomic E-state index is 6.60. The topological polar surface area (TPSA) is 59.8 Å². The zero-order chi connectivity index (χ0) is 45.4. The minimum Gasteiger partial charge on any atom is -0.456 e. The molecule has 1 unspecified atom stereocenters. The molecule has 10 aromatic carbocycles. The number of hydrogen-bond donors (Lipinski definition) is 1. The predicted molar refractivity (Wildman–Crippen MR) is 285 cm³/mol. The number of nitrogens with one attached hydrogen (secondary N) is 1. The van der Waals surface area contributed by atoms with Crippen LogP contribution in [0, 0.1) is 0 Å². The molecule has 324 valence electrons. The SMILES string of the molecule is c1ccc(C2=NC(c3cccc4oc5ccc(-c6ccc7c(c6)c6cc(-c8ccc9c(c8)c8ccccc8n9-c8ccccc8)ccc6n7-c6ccccc6)cc5c34)NC(c3ccccc3)=N2)cc1. The number of hydrogen-bond acceptors (Lipinski definition) is 4. The molecule has 13 aromatic rings. The first kappa shape index (κ1) is 39.0. The van der Waals surface area contributed by atoms with E-state index in [2.05, 4.69) is 215 Å². The van der Waals surface area contributed by atoms with Crippen molar-refractivity contribution in [3.05, 3.63) is 253 Å². The van der Waals surface area contributed by atoms with Gasteiger partial charge < -0.3 is 18.9 Å². The first-order valence-corrected chi connectivity index (χ1v) is 23.4. The van der Waals surface area contributed by atoms with Crippen LogP contribution in [0.2, 0.25) is 0 Å². The molecule has 0 aliphatic carbocycles. The van der Waals surface area contributed by atoms with E-state index in [-0.39, 0.29) is 0 Å². The van der Waals surface area contributed by atoms with Crippen LogP contribution in [-0.2, 0) is 0 Å². The van der Waals surface area contributed by atoms with Crippen molar-refractivity contribution in [2.75, 3.05) is 0 Å². The van der Waals surface area contributed by atoms with Gasteiger partial charge in [0.25, 0.3) is 0 Å². The van der Waals surface area contributed by atoms with Crippen molar-refractivity contribution in [2.24, 2.45) is 9.98 Å². The molecule has 0 spiro atoms. The molecule has 0 saturated heterocycles. The molecule has 6 nitrogen and oxygen atoms in total. The average Bonchev–Trinajstić information content (AvgIpc) is 4.08. The van der Waals surface area contributed by atoms with Gasteiger partial charge in [0.05, 0.1) is 22.1 Å². The van der Waals surface area contributed by atoms with Crippen molar-refractivity contribution in [3.8, 4) is 33.6 Å². The quantitative estimate of drug-likeness (QED) is 0.173. The third-order valence-corrected chi connectivity index (χ3v) is 13.8. The largest absolute Gasteiger partial charge is 0.456 e. The summed E-state index contributed by atoms with van der Waals surface area (Å²) in [7, 11) is 0. The van der Waals surface area contributed by atoms with E-state index in [4.69, 9.17) is 14.4 Å². The van der Waals surface area contributed by atoms with Gasteiger partial charge in [0.2, 0.25) is 0 Å². The van der Waals surface area contributed by atoms with E-state index >= 15 is 0 Å². The highest BCUT2D eigenvalue weighted by molar-refractivity contribution is 6.16. The first-order chi connectivity index (χ1) is 34.2. The van der Waals surface area contributed by atoms with Crippen molar-refractivity contribution in [2.45, 2.75) is 6.17 Å². The zero-order valence-electron chi connectivity index (χ0n) is 37.3. The number of benzene rings is 10. The van der Waals surface area contributed by atoms with Gasteiger partial charge in [-0.3, -0.25) is 0 Å². The smallest absolute Gasteiger partial charge is 0.159 e. The molecular formula is C63H41N5O. The third kappa shape index (κ3) is 6.41. The Labute approximate surface area is 397 Å². The summed E-state index contributed by atoms with van der Waals surface area (Å²) in [5, 5.41) is 10.6. The lowest BCUT2D eigenvalue weighted by Gasteiger charge is -2.24. The number of aliphatic imine (C=N–C) groups is 2. The van der Waals surface area contributed by atoms with Crippen LogP contribution in [0.25, 0.3) is 99.2 Å². The van der Waals surface area contributed by atoms with E-state index in [1.807, 2.05) is 36.4 Å². The Morgan fingerprint density at radius 2 is 0.841 bits per heavy atom. The molecule has 0 radical (unpaired) electrons. The predicted octanol–water partition coefficient (Wildman–Crippen LogP) is 15.6. The summed E-state index contributed by atoms with van der Waals surface area (Å²) >= 11 is 0. The van der Waals surface area contributed by atoms with Crippen LogP contribution in [0.1, 0.15) is 22.9 Å². The molecule has 1 N–H and O–H groups in total. The molecule has 1 atom stereocenters. The highest BCUT2D eigenvalue weighted by Gasteiger charge is 2.25. The van der Waals surface area contributed by atoms with Crippen molar-refractivity contribution in [1.82, 2.24) is 14.5 Å². The summed E-state index contributed by atoms with van der Waals surface area (Å²) in [6, 6.07) is 84.1. The average molecular weight is 884 g/mol. The van der Waals surface area contributed by atoms with Crippen LogP contribution in [0.3, 0.4) is 0 Å². The van der Waals surface area contributed by atoms with Gasteiger partial charge in [-0.05, 0) is 107 Å². The van der Waals surface area contributed by atoms with Crippen LogP contribution >= 0.6 is 0 Å². The van der Waals surface area contributed by atoms with Gasteiger partial charge in [-0.25, -0.2) is 9.98 Å². The van der Waals surface area contributed by atoms with E-state index in [1.54, 1.807) is 0 Å². The zero-order valence-corrected chi connectivity index (χ0v) is 37.3. The van der Waals surface area contributed by atoms with Gasteiger partial charge in [0.1, 0.15) is 23.2 Å². The molecule has 0 amide bonds. The van der Waals surface area contributed by atoms with Crippen LogP contribution in [0.4, 0.5) is 0 Å². The summed E-state index contributed by atoms with van der Waals surface area (Å²) in [6.07, 6.45) is -0.404. The first-order valence-electron chi connectivity index (χ1n) is 23.4. The summed E-state index contributed by atoms with van der Waals surface area (Å²) in [5.41, 5.74) is 16.2. The minimum atomic E-state index is -0.404. The van der Waals surface area contributed by atoms with Crippen LogP contribution in [0.15, 0.2) is 251 Å². The normalized spacial score (nSPS) is 13.9. The van der Waals surface area contributed by atoms with Crippen molar-refractivity contribution < 1.29 is 4.42 Å². The van der Waals surface area contributed by atoms with Gasteiger partial charge in [0, 0.05) is 60.4 Å². The number of furan rings is 1. The second-order valence-electron chi connectivity index (χ2n) is 17.8. The number of para-hydroxylation sites is 3. The van der Waals surface area contributed by atoms with Crippen LogP contribution in [0.5, 0.6) is 0 Å². The monoisotopic (exact) mass is 883 g/mol. The molecule has 4 heterocycles. The van der Waals surface area contributed by atoms with E-state index < -0.39 is 6.17 Å². The third-order valence-electron chi connectivity index (χ3n) is 13.8. The summed E-state index contributed by atoms with van der Waals surface area (Å²) < 4.78 is 11.4. The molecule has 1 aliphatic rings. The van der Waals surface area contributed by atoms with E-state index in [9.17, 15) is 0 Å². The maximum Gasteiger partial charge on any atom is 0.159 e. The number of nitrogens with zero attached hydrogens (tertiary/aromatic N) is 4. The van der Waals surface area contributed by atoms with E-state index in [0.29, 0.717) is 5.84 Å². The molecule has 0 saturated carbocycles. The Bertz CT molecular complexity index is 4200. The Hall–Kier alpha value is -9.26. The van der Waals surface area contributed by atoms with Crippen LogP contribution in [-0.4, -0.2) is 20.8 Å². The summed E-state index contributed by atoms with van der Waals surface area (Å²) in [4.78, 5) is 10.3. The van der Waals surface area contributed by atoms with Crippen molar-refractivity contribution >= 4 is 77.2 Å². The molecule has 14 rings (SSSR count). The molecule has 3 aromatic heterocycles. The number of amidine groups is 2. The highest BCUT2D eigenvalue weighted by atomic mass is 16.3. The maximum atomic E-state index is 6.60. The number of rotatable bonds is 7. The highest BCUT2D eigenvalue weighted by Crippen LogP contribution is 2.42. The van der Waals surface area contributed by atoms with Gasteiger partial charge in [-0.1, -0.05) is 152 Å². The molecule has 6 heteroatoms. The molecule has 1 aliphatic heterocycles. The number of fused-ring (bicyclic) bond motifs is 9. The minimum absolute atomic E-state index is 0.404. The lowest BCUT2D eigenvalue weighted by Crippen LogP contribution is -2.33. The summed E-state index contributed by atoms with van der Waals surface area (Å²) in [6.45, 7) is 0. The fourth-order valence-corrected chi connectivity index (χ4v) is 10.6. The second-order valence-corrected chi connectivity index (χ2v) is 17.8. The molecule has 69 heavy (non-hydrogen) atoms. The van der Waals surface area contributed by atoms with Gasteiger partial charge in [-0.2, -0.15) is 0 Å². The summed E-state index contributed by atoms with van der Waals surface area (Å²) in [5.74, 6) is 1.47. The molecule has 0 bridgehead atoms. The van der Waals surface area contributed by atoms with Gasteiger partial charge >= 0.3 is 0 Å². The Balaban J connectivity index is 0.913. The molecule has 0 fully saturated rings. The standard InChI is InChI=1S/C63H41N5O/c1-5-16-40(17-6-1)61-64-62(41-18-7-2-8-19-41)66-63(65-61)49-25-15-27-59-60(49)53-39-45(31-35-58(53)69-59)44-30-34-57-52(38-44)51-37-43(29-33-56(51)68(57)47-22-11-4-12-23-47)42-28-32-55-50(36-42)48-24-13-14-26-54(48)67(55)46-20-9-3-10-21-46/h1-39,63H,(H,64,65,66). The van der Waals surface area contributed by atoms with E-state index in [1.165, 1.54) is 43.7 Å². The Kier molecular flexibility index (Phi) is 8.86. The lowest BCUT2D eigenvalue weighted by molar-refractivity contribution is 0.662. The van der Waals surface area contributed by atoms with Gasteiger partial charge in [-0.15, -0.1) is 0 Å². The number of aromatic nitrogens is 2. The van der Waals surface area contributed by atoms with Crippen molar-refractivity contribution in [3.63, 3.8) is 0 Å². The lowest BCUT2D eigenvalue weighted by atomic mass is 9.97. The molecular weight excluding hydrogens is 843 g/mol. The Morgan fingerprint density at radius 1 is 0.362 bits per heavy atom. The second kappa shape index (κ2) is 15.7. The van der Waals surface area contributed by atoms with Gasteiger partial charge in [0.15, 0.2) is 5.84 Å². The fourth-order valence-electron chi connectivity index (χ4n) is 10.6.